The summed E-state index contributed by atoms with van der Waals surface area (Å²) in [6.07, 6.45) is 1.95. The van der Waals surface area contributed by atoms with Crippen LogP contribution in [0.4, 0.5) is 0 Å². The highest BCUT2D eigenvalue weighted by atomic mass is 16.3. The Kier molecular flexibility index (Phi) is 3.35. The number of nitrogens with zero attached hydrogens (tertiary/aromatic N) is 2. The molecule has 0 radical (unpaired) electrons. The standard InChI is InChI=1S/C10H12N2O.C2H6/c1-6-4-8-5-12(3)11-9(8)7(2)10(6)13;1-2/h4-5,13H,1-3H3;1-2H3. The molecule has 2 rings (SSSR count). The summed E-state index contributed by atoms with van der Waals surface area (Å²) in [7, 11) is 1.88. The van der Waals surface area contributed by atoms with Crippen molar-refractivity contribution in [1.29, 1.82) is 0 Å². The maximum atomic E-state index is 9.66. The number of phenolic OH excluding ortho intramolecular Hbond substituents is 1. The highest BCUT2D eigenvalue weighted by Gasteiger charge is 2.08. The molecule has 1 aromatic carbocycles. The topological polar surface area (TPSA) is 38.0 Å². The highest BCUT2D eigenvalue weighted by Crippen LogP contribution is 2.28. The summed E-state index contributed by atoms with van der Waals surface area (Å²) < 4.78 is 1.76. The van der Waals surface area contributed by atoms with Crippen molar-refractivity contribution in [2.75, 3.05) is 0 Å². The zero-order valence-corrected chi connectivity index (χ0v) is 10.00. The van der Waals surface area contributed by atoms with E-state index in [1.807, 2.05) is 47.0 Å². The molecule has 0 spiro atoms. The van der Waals surface area contributed by atoms with Crippen molar-refractivity contribution < 1.29 is 5.11 Å². The van der Waals surface area contributed by atoms with Crippen molar-refractivity contribution in [1.82, 2.24) is 9.78 Å². The van der Waals surface area contributed by atoms with E-state index in [-0.39, 0.29) is 0 Å². The van der Waals surface area contributed by atoms with Gasteiger partial charge >= 0.3 is 0 Å². The van der Waals surface area contributed by atoms with Gasteiger partial charge in [-0.25, -0.2) is 0 Å². The van der Waals surface area contributed by atoms with Crippen LogP contribution in [0, 0.1) is 13.8 Å². The third-order valence-electron chi connectivity index (χ3n) is 2.31. The second-order valence-electron chi connectivity index (χ2n) is 3.41. The molecule has 2 aromatic rings. The first kappa shape index (κ1) is 11.6. The Morgan fingerprint density at radius 3 is 2.47 bits per heavy atom. The van der Waals surface area contributed by atoms with Gasteiger partial charge in [-0.15, -0.1) is 0 Å². The van der Waals surface area contributed by atoms with Gasteiger partial charge in [-0.3, -0.25) is 4.68 Å². The largest absolute Gasteiger partial charge is 0.507 e. The van der Waals surface area contributed by atoms with E-state index in [0.29, 0.717) is 5.75 Å². The monoisotopic (exact) mass is 206 g/mol. The molecule has 0 fully saturated rings. The van der Waals surface area contributed by atoms with Crippen molar-refractivity contribution >= 4 is 10.9 Å². The number of benzene rings is 1. The molecule has 0 saturated carbocycles. The first-order valence-corrected chi connectivity index (χ1v) is 5.22. The van der Waals surface area contributed by atoms with Crippen LogP contribution >= 0.6 is 0 Å². The molecule has 0 aliphatic heterocycles. The van der Waals surface area contributed by atoms with Crippen LogP contribution < -0.4 is 0 Å². The van der Waals surface area contributed by atoms with Crippen LogP contribution in [0.5, 0.6) is 5.75 Å². The van der Waals surface area contributed by atoms with E-state index < -0.39 is 0 Å². The first-order chi connectivity index (χ1) is 7.09. The zero-order chi connectivity index (χ0) is 11.6. The SMILES string of the molecule is CC.Cc1cc2cn(C)nc2c(C)c1O. The van der Waals surface area contributed by atoms with E-state index in [4.69, 9.17) is 0 Å². The molecule has 0 amide bonds. The molecule has 15 heavy (non-hydrogen) atoms. The summed E-state index contributed by atoms with van der Waals surface area (Å²) in [5, 5.41) is 15.0. The number of hydrogen-bond acceptors (Lipinski definition) is 2. The number of aromatic hydroxyl groups is 1. The lowest BCUT2D eigenvalue weighted by molar-refractivity contribution is 0.468. The average molecular weight is 206 g/mol. The normalized spacial score (nSPS) is 9.93. The fraction of sp³-hybridized carbons (Fsp3) is 0.417. The van der Waals surface area contributed by atoms with Crippen molar-refractivity contribution in [2.45, 2.75) is 27.7 Å². The van der Waals surface area contributed by atoms with Crippen molar-refractivity contribution in [3.63, 3.8) is 0 Å². The van der Waals surface area contributed by atoms with Crippen LogP contribution in [0.15, 0.2) is 12.3 Å². The van der Waals surface area contributed by atoms with Gasteiger partial charge in [0.05, 0.1) is 5.52 Å². The lowest BCUT2D eigenvalue weighted by Gasteiger charge is -2.02. The van der Waals surface area contributed by atoms with E-state index in [9.17, 15) is 5.11 Å². The lowest BCUT2D eigenvalue weighted by Crippen LogP contribution is -1.86. The summed E-state index contributed by atoms with van der Waals surface area (Å²) in [6.45, 7) is 7.78. The molecule has 0 bridgehead atoms. The van der Waals surface area contributed by atoms with Gasteiger partial charge in [0.15, 0.2) is 0 Å². The van der Waals surface area contributed by atoms with E-state index in [2.05, 4.69) is 5.10 Å². The maximum Gasteiger partial charge on any atom is 0.123 e. The van der Waals surface area contributed by atoms with Crippen LogP contribution in [0.1, 0.15) is 25.0 Å². The minimum atomic E-state index is 0.353. The lowest BCUT2D eigenvalue weighted by atomic mass is 10.1. The number of hydrogen-bond donors (Lipinski definition) is 1. The first-order valence-electron chi connectivity index (χ1n) is 5.22. The van der Waals surface area contributed by atoms with Gasteiger partial charge in [0, 0.05) is 24.2 Å². The number of aryl methyl sites for hydroxylation is 3. The van der Waals surface area contributed by atoms with Gasteiger partial charge in [-0.05, 0) is 25.5 Å². The Hall–Kier alpha value is -1.51. The van der Waals surface area contributed by atoms with Gasteiger partial charge in [0.1, 0.15) is 5.75 Å². The molecule has 0 saturated heterocycles. The van der Waals surface area contributed by atoms with Gasteiger partial charge in [0.25, 0.3) is 0 Å². The Morgan fingerprint density at radius 2 is 1.87 bits per heavy atom. The van der Waals surface area contributed by atoms with Gasteiger partial charge < -0.3 is 5.11 Å². The molecule has 1 aromatic heterocycles. The molecule has 82 valence electrons. The second-order valence-corrected chi connectivity index (χ2v) is 3.41. The number of rotatable bonds is 0. The smallest absolute Gasteiger partial charge is 0.123 e. The highest BCUT2D eigenvalue weighted by molar-refractivity contribution is 5.84. The predicted molar refractivity (Wildman–Crippen MR) is 63.2 cm³/mol. The Morgan fingerprint density at radius 1 is 1.27 bits per heavy atom. The molecule has 3 heteroatoms. The Balaban J connectivity index is 0.000000531. The van der Waals surface area contributed by atoms with Crippen molar-refractivity contribution in [3.8, 4) is 5.75 Å². The number of fused-ring (bicyclic) bond motifs is 1. The molecule has 3 nitrogen and oxygen atoms in total. The average Bonchev–Trinajstić information content (AvgIpc) is 2.59. The van der Waals surface area contributed by atoms with E-state index in [1.54, 1.807) is 4.68 Å². The third kappa shape index (κ3) is 1.96. The van der Waals surface area contributed by atoms with Gasteiger partial charge in [-0.1, -0.05) is 13.8 Å². The summed E-state index contributed by atoms with van der Waals surface area (Å²) in [4.78, 5) is 0. The predicted octanol–water partition coefficient (Wildman–Crippen LogP) is 2.92. The third-order valence-corrected chi connectivity index (χ3v) is 2.31. The van der Waals surface area contributed by atoms with Crippen LogP contribution in [-0.2, 0) is 7.05 Å². The quantitative estimate of drug-likeness (QED) is 0.719. The summed E-state index contributed by atoms with van der Waals surface area (Å²) in [5.41, 5.74) is 2.64. The van der Waals surface area contributed by atoms with Crippen LogP contribution in [0.3, 0.4) is 0 Å². The summed E-state index contributed by atoms with van der Waals surface area (Å²) in [6, 6.07) is 1.95. The van der Waals surface area contributed by atoms with Gasteiger partial charge in [-0.2, -0.15) is 5.10 Å². The van der Waals surface area contributed by atoms with E-state index in [0.717, 1.165) is 22.0 Å². The molecule has 0 unspecified atom stereocenters. The summed E-state index contributed by atoms with van der Waals surface area (Å²) in [5.74, 6) is 0.353. The van der Waals surface area contributed by atoms with Crippen molar-refractivity contribution in [3.05, 3.63) is 23.4 Å². The molecule has 1 heterocycles. The minimum absolute atomic E-state index is 0.353. The molecule has 0 aliphatic rings. The van der Waals surface area contributed by atoms with E-state index >= 15 is 0 Å². The number of phenols is 1. The van der Waals surface area contributed by atoms with Crippen molar-refractivity contribution in [2.24, 2.45) is 7.05 Å². The Labute approximate surface area is 90.3 Å². The second kappa shape index (κ2) is 4.34. The number of aromatic nitrogens is 2. The molecule has 0 atom stereocenters. The summed E-state index contributed by atoms with van der Waals surface area (Å²) >= 11 is 0. The fourth-order valence-corrected chi connectivity index (χ4v) is 1.61. The molecular weight excluding hydrogens is 188 g/mol. The molecule has 0 aliphatic carbocycles. The zero-order valence-electron chi connectivity index (χ0n) is 10.00. The molecular formula is C12H18N2O. The Bertz CT molecular complexity index is 472. The maximum absolute atomic E-state index is 9.66. The minimum Gasteiger partial charge on any atom is -0.507 e. The van der Waals surface area contributed by atoms with Crippen LogP contribution in [0.2, 0.25) is 0 Å². The van der Waals surface area contributed by atoms with Crippen LogP contribution in [-0.4, -0.2) is 14.9 Å². The fourth-order valence-electron chi connectivity index (χ4n) is 1.61. The van der Waals surface area contributed by atoms with Gasteiger partial charge in [0.2, 0.25) is 0 Å². The van der Waals surface area contributed by atoms with Crippen LogP contribution in [0.25, 0.3) is 10.9 Å². The molecule has 1 N–H and O–H groups in total. The van der Waals surface area contributed by atoms with E-state index in [1.165, 1.54) is 0 Å².